The topological polar surface area (TPSA) is 12.5 Å². The van der Waals surface area contributed by atoms with Gasteiger partial charge in [-0.2, -0.15) is 0 Å². The van der Waals surface area contributed by atoms with Gasteiger partial charge >= 0.3 is 0 Å². The zero-order chi connectivity index (χ0) is 17.4. The number of hydrogen-bond acceptors (Lipinski definition) is 2. The van der Waals surface area contributed by atoms with E-state index in [1.54, 1.807) is 7.11 Å². The van der Waals surface area contributed by atoms with Crippen LogP contribution in [0.4, 0.5) is 0 Å². The fourth-order valence-corrected chi connectivity index (χ4v) is 4.00. The summed E-state index contributed by atoms with van der Waals surface area (Å²) < 4.78 is 5.76. The van der Waals surface area contributed by atoms with Crippen LogP contribution in [0.3, 0.4) is 0 Å². The summed E-state index contributed by atoms with van der Waals surface area (Å²) in [6, 6.07) is 1.96. The standard InChI is InChI=1S/C19H29Cl2NO/c1-12-16(21)11-15(13(2)20)18(23-6)17(12)14-7-9-22(10-8-14)19(3,4)5/h11,13-14H,7-10H2,1-6H3. The van der Waals surface area contributed by atoms with Crippen LogP contribution in [-0.4, -0.2) is 30.6 Å². The van der Waals surface area contributed by atoms with Gasteiger partial charge in [-0.1, -0.05) is 11.6 Å². The smallest absolute Gasteiger partial charge is 0.127 e. The maximum atomic E-state index is 6.49. The van der Waals surface area contributed by atoms with E-state index in [0.717, 1.165) is 47.8 Å². The van der Waals surface area contributed by atoms with E-state index in [1.807, 2.05) is 13.0 Å². The van der Waals surface area contributed by atoms with E-state index in [4.69, 9.17) is 27.9 Å². The number of ether oxygens (including phenoxy) is 1. The lowest BCUT2D eigenvalue weighted by molar-refractivity contribution is 0.102. The number of nitrogens with zero attached hydrogens (tertiary/aromatic N) is 1. The first-order valence-corrected chi connectivity index (χ1v) is 9.24. The maximum absolute atomic E-state index is 6.49. The fourth-order valence-electron chi connectivity index (χ4n) is 3.62. The molecule has 2 rings (SSSR count). The zero-order valence-corrected chi connectivity index (χ0v) is 16.7. The summed E-state index contributed by atoms with van der Waals surface area (Å²) in [7, 11) is 1.74. The zero-order valence-electron chi connectivity index (χ0n) is 15.2. The van der Waals surface area contributed by atoms with Crippen molar-refractivity contribution >= 4 is 23.2 Å². The molecule has 1 fully saturated rings. The molecule has 1 aliphatic heterocycles. The predicted octanol–water partition coefficient (Wildman–Crippen LogP) is 5.93. The molecule has 130 valence electrons. The molecule has 1 saturated heterocycles. The third-order valence-electron chi connectivity index (χ3n) is 5.04. The molecule has 0 amide bonds. The molecule has 0 radical (unpaired) electrons. The molecular weight excluding hydrogens is 329 g/mol. The summed E-state index contributed by atoms with van der Waals surface area (Å²) in [5, 5.41) is 0.679. The number of likely N-dealkylation sites (tertiary alicyclic amines) is 1. The molecule has 1 atom stereocenters. The first kappa shape index (κ1) is 18.9. The molecule has 0 saturated carbocycles. The van der Waals surface area contributed by atoms with Gasteiger partial charge in [0.2, 0.25) is 0 Å². The summed E-state index contributed by atoms with van der Waals surface area (Å²) in [5.41, 5.74) is 3.63. The number of benzene rings is 1. The predicted molar refractivity (Wildman–Crippen MR) is 100 cm³/mol. The van der Waals surface area contributed by atoms with Gasteiger partial charge in [0.25, 0.3) is 0 Å². The van der Waals surface area contributed by atoms with Crippen LogP contribution in [0.15, 0.2) is 6.07 Å². The van der Waals surface area contributed by atoms with Crippen LogP contribution in [0.2, 0.25) is 5.02 Å². The van der Waals surface area contributed by atoms with E-state index in [1.165, 1.54) is 5.56 Å². The third-order valence-corrected chi connectivity index (χ3v) is 5.66. The van der Waals surface area contributed by atoms with Crippen LogP contribution >= 0.6 is 23.2 Å². The maximum Gasteiger partial charge on any atom is 0.127 e. The minimum atomic E-state index is -0.114. The molecule has 1 heterocycles. The van der Waals surface area contributed by atoms with E-state index < -0.39 is 0 Å². The van der Waals surface area contributed by atoms with Crippen molar-refractivity contribution in [2.45, 2.75) is 64.3 Å². The van der Waals surface area contributed by atoms with E-state index >= 15 is 0 Å². The van der Waals surface area contributed by atoms with Crippen LogP contribution in [0.25, 0.3) is 0 Å². The Morgan fingerprint density at radius 1 is 1.26 bits per heavy atom. The molecule has 0 N–H and O–H groups in total. The number of methoxy groups -OCH3 is 1. The van der Waals surface area contributed by atoms with Crippen LogP contribution in [0.5, 0.6) is 5.75 Å². The van der Waals surface area contributed by atoms with Crippen LogP contribution in [0.1, 0.15) is 68.5 Å². The first-order chi connectivity index (χ1) is 10.7. The Hall–Kier alpha value is -0.440. The Kier molecular flexibility index (Phi) is 5.92. The van der Waals surface area contributed by atoms with Gasteiger partial charge in [-0.25, -0.2) is 0 Å². The van der Waals surface area contributed by atoms with Gasteiger partial charge in [0, 0.05) is 21.7 Å². The van der Waals surface area contributed by atoms with Gasteiger partial charge in [-0.3, -0.25) is 4.90 Å². The number of alkyl halides is 1. The quantitative estimate of drug-likeness (QED) is 0.621. The number of piperidine rings is 1. The second-order valence-corrected chi connectivity index (χ2v) is 8.63. The lowest BCUT2D eigenvalue weighted by atomic mass is 9.83. The lowest BCUT2D eigenvalue weighted by Gasteiger charge is -2.41. The Morgan fingerprint density at radius 3 is 2.26 bits per heavy atom. The molecule has 1 aromatic rings. The van der Waals surface area contributed by atoms with E-state index in [2.05, 4.69) is 32.6 Å². The Morgan fingerprint density at radius 2 is 1.83 bits per heavy atom. The van der Waals surface area contributed by atoms with Gasteiger partial charge in [-0.05, 0) is 78.1 Å². The van der Waals surface area contributed by atoms with Gasteiger partial charge in [-0.15, -0.1) is 11.6 Å². The highest BCUT2D eigenvalue weighted by atomic mass is 35.5. The molecule has 4 heteroatoms. The molecule has 1 aromatic carbocycles. The third kappa shape index (κ3) is 3.97. The normalized spacial score (nSPS) is 19.0. The molecule has 1 aliphatic rings. The highest BCUT2D eigenvalue weighted by Gasteiger charge is 2.31. The number of hydrogen-bond donors (Lipinski definition) is 0. The summed E-state index contributed by atoms with van der Waals surface area (Å²) in [4.78, 5) is 2.56. The van der Waals surface area contributed by atoms with Crippen molar-refractivity contribution in [2.75, 3.05) is 20.2 Å². The van der Waals surface area contributed by atoms with Crippen LogP contribution in [-0.2, 0) is 0 Å². The van der Waals surface area contributed by atoms with Gasteiger partial charge in [0.05, 0.1) is 12.5 Å². The first-order valence-electron chi connectivity index (χ1n) is 8.42. The Labute approximate surface area is 151 Å². The van der Waals surface area contributed by atoms with Gasteiger partial charge in [0.1, 0.15) is 5.75 Å². The Bertz CT molecular complexity index is 555. The van der Waals surface area contributed by atoms with E-state index in [-0.39, 0.29) is 10.9 Å². The Balaban J connectivity index is 2.37. The molecule has 0 aromatic heterocycles. The second-order valence-electron chi connectivity index (χ2n) is 7.57. The average molecular weight is 358 g/mol. The van der Waals surface area contributed by atoms with Crippen LogP contribution < -0.4 is 4.74 Å². The molecule has 1 unspecified atom stereocenters. The molecule has 2 nitrogen and oxygen atoms in total. The van der Waals surface area contributed by atoms with E-state index in [9.17, 15) is 0 Å². The second kappa shape index (κ2) is 7.21. The summed E-state index contributed by atoms with van der Waals surface area (Å²) >= 11 is 12.8. The largest absolute Gasteiger partial charge is 0.496 e. The van der Waals surface area contributed by atoms with Crippen molar-refractivity contribution in [2.24, 2.45) is 0 Å². The minimum absolute atomic E-state index is 0.114. The van der Waals surface area contributed by atoms with E-state index in [0.29, 0.717) is 5.92 Å². The van der Waals surface area contributed by atoms with Crippen molar-refractivity contribution in [1.82, 2.24) is 4.90 Å². The van der Waals surface area contributed by atoms with Gasteiger partial charge in [0.15, 0.2) is 0 Å². The summed E-state index contributed by atoms with van der Waals surface area (Å²) in [5.74, 6) is 1.42. The lowest BCUT2D eigenvalue weighted by Crippen LogP contribution is -2.45. The fraction of sp³-hybridized carbons (Fsp3) is 0.684. The number of halogens is 2. The molecule has 0 aliphatic carbocycles. The van der Waals surface area contributed by atoms with Crippen LogP contribution in [0, 0.1) is 6.92 Å². The van der Waals surface area contributed by atoms with Crippen molar-refractivity contribution in [1.29, 1.82) is 0 Å². The number of rotatable bonds is 3. The average Bonchev–Trinajstić information content (AvgIpc) is 2.48. The molecule has 0 bridgehead atoms. The van der Waals surface area contributed by atoms with Crippen molar-refractivity contribution in [3.8, 4) is 5.75 Å². The highest BCUT2D eigenvalue weighted by molar-refractivity contribution is 6.31. The SMILES string of the molecule is COc1c(C(C)Cl)cc(Cl)c(C)c1C1CCN(C(C)(C)C)CC1. The van der Waals surface area contributed by atoms with Crippen molar-refractivity contribution in [3.05, 3.63) is 27.8 Å². The molecule has 0 spiro atoms. The minimum Gasteiger partial charge on any atom is -0.496 e. The van der Waals surface area contributed by atoms with Gasteiger partial charge < -0.3 is 4.74 Å². The molecular formula is C19H29Cl2NO. The molecule has 23 heavy (non-hydrogen) atoms. The summed E-state index contributed by atoms with van der Waals surface area (Å²) in [6.07, 6.45) is 2.26. The highest BCUT2D eigenvalue weighted by Crippen LogP contribution is 2.44. The summed E-state index contributed by atoms with van der Waals surface area (Å²) in [6.45, 7) is 13.1. The van der Waals surface area contributed by atoms with Crippen molar-refractivity contribution < 1.29 is 4.74 Å². The monoisotopic (exact) mass is 357 g/mol. The van der Waals surface area contributed by atoms with Crippen molar-refractivity contribution in [3.63, 3.8) is 0 Å².